The van der Waals surface area contributed by atoms with E-state index >= 15 is 0 Å². The lowest BCUT2D eigenvalue weighted by molar-refractivity contribution is -0.112. The summed E-state index contributed by atoms with van der Waals surface area (Å²) in [5, 5.41) is 0. The third-order valence-corrected chi connectivity index (χ3v) is 3.64. The summed E-state index contributed by atoms with van der Waals surface area (Å²) in [6.07, 6.45) is 1.11. The van der Waals surface area contributed by atoms with Gasteiger partial charge in [-0.1, -0.05) is 13.8 Å². The van der Waals surface area contributed by atoms with Crippen LogP contribution in [-0.4, -0.2) is 30.8 Å². The monoisotopic (exact) mass is 153 g/mol. The number of hydrogen-bond donors (Lipinski definition) is 0. The topological polar surface area (TPSA) is 20.3 Å². The highest BCUT2D eigenvalue weighted by Crippen LogP contribution is 2.63. The maximum Gasteiger partial charge on any atom is 0.137 e. The third kappa shape index (κ3) is 0.734. The van der Waals surface area contributed by atoms with Gasteiger partial charge < -0.3 is 4.79 Å². The van der Waals surface area contributed by atoms with Crippen molar-refractivity contribution >= 4 is 6.29 Å². The van der Waals surface area contributed by atoms with Crippen LogP contribution in [-0.2, 0) is 4.79 Å². The van der Waals surface area contributed by atoms with Crippen molar-refractivity contribution in [1.82, 2.24) is 4.90 Å². The van der Waals surface area contributed by atoms with Crippen molar-refractivity contribution < 1.29 is 4.79 Å². The van der Waals surface area contributed by atoms with Crippen molar-refractivity contribution in [2.24, 2.45) is 17.3 Å². The van der Waals surface area contributed by atoms with E-state index < -0.39 is 0 Å². The second kappa shape index (κ2) is 1.86. The Morgan fingerprint density at radius 2 is 2.18 bits per heavy atom. The van der Waals surface area contributed by atoms with E-state index in [1.54, 1.807) is 0 Å². The summed E-state index contributed by atoms with van der Waals surface area (Å²) in [6, 6.07) is 0.204. The van der Waals surface area contributed by atoms with Crippen molar-refractivity contribution in [3.8, 4) is 0 Å². The summed E-state index contributed by atoms with van der Waals surface area (Å²) in [6.45, 7) is 5.65. The minimum absolute atomic E-state index is 0.204. The van der Waals surface area contributed by atoms with Crippen LogP contribution in [0.2, 0.25) is 0 Å². The first-order valence-electron chi connectivity index (χ1n) is 4.24. The lowest BCUT2D eigenvalue weighted by Gasteiger charge is -2.22. The Morgan fingerprint density at radius 3 is 2.55 bits per heavy atom. The average Bonchev–Trinajstić information content (AvgIpc) is 2.38. The lowest BCUT2D eigenvalue weighted by Crippen LogP contribution is -2.33. The number of likely N-dealkylation sites (tertiary alicyclic amines) is 1. The predicted molar refractivity (Wildman–Crippen MR) is 43.2 cm³/mol. The van der Waals surface area contributed by atoms with Gasteiger partial charge in [-0.3, -0.25) is 4.90 Å². The first-order chi connectivity index (χ1) is 5.09. The van der Waals surface area contributed by atoms with Crippen LogP contribution in [0.3, 0.4) is 0 Å². The zero-order chi connectivity index (χ0) is 8.22. The highest BCUT2D eigenvalue weighted by Gasteiger charge is 2.65. The van der Waals surface area contributed by atoms with Gasteiger partial charge in [-0.05, 0) is 24.3 Å². The van der Waals surface area contributed by atoms with Crippen molar-refractivity contribution in [2.45, 2.75) is 19.9 Å². The molecule has 1 aliphatic heterocycles. The van der Waals surface area contributed by atoms with Gasteiger partial charge in [-0.2, -0.15) is 0 Å². The van der Waals surface area contributed by atoms with Crippen molar-refractivity contribution in [2.75, 3.05) is 13.6 Å². The maximum absolute atomic E-state index is 10.7. The molecule has 3 unspecified atom stereocenters. The van der Waals surface area contributed by atoms with E-state index in [4.69, 9.17) is 0 Å². The molecule has 0 radical (unpaired) electrons. The first-order valence-corrected chi connectivity index (χ1v) is 4.24. The molecule has 0 aromatic rings. The molecule has 1 heterocycles. The van der Waals surface area contributed by atoms with Crippen LogP contribution in [0, 0.1) is 17.3 Å². The van der Waals surface area contributed by atoms with Crippen LogP contribution >= 0.6 is 0 Å². The third-order valence-electron chi connectivity index (χ3n) is 3.64. The predicted octanol–water partition coefficient (Wildman–Crippen LogP) is 0.771. The van der Waals surface area contributed by atoms with Crippen LogP contribution < -0.4 is 0 Å². The number of hydrogen-bond acceptors (Lipinski definition) is 2. The number of nitrogens with zero attached hydrogens (tertiary/aromatic N) is 1. The van der Waals surface area contributed by atoms with Gasteiger partial charge in [0.25, 0.3) is 0 Å². The van der Waals surface area contributed by atoms with Crippen LogP contribution in [0.1, 0.15) is 13.8 Å². The normalized spacial score (nSPS) is 47.0. The molecule has 2 nitrogen and oxygen atoms in total. The highest BCUT2D eigenvalue weighted by atomic mass is 16.1. The van der Waals surface area contributed by atoms with E-state index in [9.17, 15) is 4.79 Å². The molecule has 0 bridgehead atoms. The zero-order valence-corrected chi connectivity index (χ0v) is 7.37. The van der Waals surface area contributed by atoms with Crippen molar-refractivity contribution in [1.29, 1.82) is 0 Å². The second-order valence-electron chi connectivity index (χ2n) is 4.52. The molecule has 0 aromatic heterocycles. The summed E-state index contributed by atoms with van der Waals surface area (Å²) in [7, 11) is 2.04. The molecule has 62 valence electrons. The molecule has 1 aliphatic carbocycles. The van der Waals surface area contributed by atoms with E-state index in [-0.39, 0.29) is 6.04 Å². The molecular formula is C9H15NO. The largest absolute Gasteiger partial charge is 0.302 e. The van der Waals surface area contributed by atoms with E-state index in [1.165, 1.54) is 0 Å². The van der Waals surface area contributed by atoms with E-state index in [2.05, 4.69) is 18.7 Å². The molecule has 1 saturated heterocycles. The Kier molecular flexibility index (Phi) is 1.23. The molecule has 2 rings (SSSR count). The van der Waals surface area contributed by atoms with E-state index in [0.29, 0.717) is 11.3 Å². The summed E-state index contributed by atoms with van der Waals surface area (Å²) in [5.41, 5.74) is 0.443. The van der Waals surface area contributed by atoms with E-state index in [0.717, 1.165) is 18.7 Å². The van der Waals surface area contributed by atoms with Gasteiger partial charge in [0, 0.05) is 6.54 Å². The fourth-order valence-electron chi connectivity index (χ4n) is 2.71. The molecule has 11 heavy (non-hydrogen) atoms. The molecule has 1 saturated carbocycles. The molecular weight excluding hydrogens is 138 g/mol. The quantitative estimate of drug-likeness (QED) is 0.519. The van der Waals surface area contributed by atoms with Crippen LogP contribution in [0.4, 0.5) is 0 Å². The SMILES string of the molecule is CN1CC2C(C1C=O)C2(C)C. The number of rotatable bonds is 1. The van der Waals surface area contributed by atoms with Crippen LogP contribution in [0.15, 0.2) is 0 Å². The lowest BCUT2D eigenvalue weighted by atomic mass is 10.0. The molecule has 0 spiro atoms. The smallest absolute Gasteiger partial charge is 0.137 e. The molecule has 3 atom stereocenters. The number of carbonyl (C=O) groups excluding carboxylic acids is 1. The molecule has 2 heteroatoms. The van der Waals surface area contributed by atoms with Gasteiger partial charge in [0.15, 0.2) is 0 Å². The van der Waals surface area contributed by atoms with Gasteiger partial charge in [0.05, 0.1) is 6.04 Å². The van der Waals surface area contributed by atoms with Gasteiger partial charge in [0.1, 0.15) is 6.29 Å². The standard InChI is InChI=1S/C9H15NO/c1-9(2)6-4-10(3)7(5-11)8(6)9/h5-8H,4H2,1-3H3. The summed E-state index contributed by atoms with van der Waals surface area (Å²) in [4.78, 5) is 12.9. The van der Waals surface area contributed by atoms with Crippen molar-refractivity contribution in [3.05, 3.63) is 0 Å². The van der Waals surface area contributed by atoms with Gasteiger partial charge in [-0.15, -0.1) is 0 Å². The van der Waals surface area contributed by atoms with E-state index in [1.807, 2.05) is 7.05 Å². The van der Waals surface area contributed by atoms with Crippen LogP contribution in [0.5, 0.6) is 0 Å². The number of likely N-dealkylation sites (N-methyl/N-ethyl adjacent to an activating group) is 1. The average molecular weight is 153 g/mol. The second-order valence-corrected chi connectivity index (χ2v) is 4.52. The number of piperidine rings is 1. The minimum atomic E-state index is 0.204. The number of fused-ring (bicyclic) bond motifs is 1. The first kappa shape index (κ1) is 7.29. The Hall–Kier alpha value is -0.370. The fraction of sp³-hybridized carbons (Fsp3) is 0.889. The molecule has 0 amide bonds. The van der Waals surface area contributed by atoms with Gasteiger partial charge in [-0.25, -0.2) is 0 Å². The molecule has 2 fully saturated rings. The minimum Gasteiger partial charge on any atom is -0.302 e. The maximum atomic E-state index is 10.7. The Bertz CT molecular complexity index is 200. The molecule has 0 N–H and O–H groups in total. The molecule has 0 aromatic carbocycles. The van der Waals surface area contributed by atoms with Gasteiger partial charge in [0.2, 0.25) is 0 Å². The number of carbonyl (C=O) groups is 1. The Morgan fingerprint density at radius 1 is 1.55 bits per heavy atom. The van der Waals surface area contributed by atoms with Crippen molar-refractivity contribution in [3.63, 3.8) is 0 Å². The fourth-order valence-corrected chi connectivity index (χ4v) is 2.71. The summed E-state index contributed by atoms with van der Waals surface area (Å²) in [5.74, 6) is 1.42. The summed E-state index contributed by atoms with van der Waals surface area (Å²) < 4.78 is 0. The number of aldehydes is 1. The van der Waals surface area contributed by atoms with Gasteiger partial charge >= 0.3 is 0 Å². The molecule has 2 aliphatic rings. The van der Waals surface area contributed by atoms with Crippen LogP contribution in [0.25, 0.3) is 0 Å². The Balaban J connectivity index is 2.16. The Labute approximate surface area is 67.6 Å². The highest BCUT2D eigenvalue weighted by molar-refractivity contribution is 5.61. The summed E-state index contributed by atoms with van der Waals surface area (Å²) >= 11 is 0. The zero-order valence-electron chi connectivity index (χ0n) is 7.37.